The molecule has 1 amide bonds. The Kier molecular flexibility index (Phi) is 6.14. The summed E-state index contributed by atoms with van der Waals surface area (Å²) in [5, 5.41) is 3.41. The topological polar surface area (TPSA) is 50.8 Å². The van der Waals surface area contributed by atoms with Crippen LogP contribution in [-0.4, -0.2) is 45.4 Å². The van der Waals surface area contributed by atoms with E-state index in [1.54, 1.807) is 12.1 Å². The summed E-state index contributed by atoms with van der Waals surface area (Å²) < 4.78 is 10.9. The Morgan fingerprint density at radius 2 is 1.84 bits per heavy atom. The normalized spacial score (nSPS) is 14.2. The number of benzene rings is 2. The van der Waals surface area contributed by atoms with Crippen molar-refractivity contribution in [1.29, 1.82) is 0 Å². The molecular formula is C19H21ClN2O3. The maximum Gasteiger partial charge on any atom is 0.251 e. The second-order valence-electron chi connectivity index (χ2n) is 5.68. The molecule has 1 fully saturated rings. The van der Waals surface area contributed by atoms with Crippen LogP contribution in [0.1, 0.15) is 10.4 Å². The standard InChI is InChI=1S/C19H21ClN2O3/c20-17-3-1-2-4-18(17)25-12-9-21-19(23)15-5-7-16(8-6-15)22-10-13-24-14-11-22/h1-8H,9-14H2,(H,21,23). The number of rotatable bonds is 6. The number of morpholine rings is 1. The minimum atomic E-state index is -0.115. The van der Waals surface area contributed by atoms with Gasteiger partial charge in [-0.2, -0.15) is 0 Å². The zero-order valence-electron chi connectivity index (χ0n) is 13.9. The Morgan fingerprint density at radius 1 is 1.12 bits per heavy atom. The number of halogens is 1. The molecule has 132 valence electrons. The second-order valence-corrected chi connectivity index (χ2v) is 6.09. The van der Waals surface area contributed by atoms with Crippen LogP contribution in [0, 0.1) is 0 Å². The lowest BCUT2D eigenvalue weighted by Crippen LogP contribution is -2.36. The van der Waals surface area contributed by atoms with Crippen molar-refractivity contribution in [1.82, 2.24) is 5.32 Å². The maximum atomic E-state index is 12.2. The van der Waals surface area contributed by atoms with Gasteiger partial charge >= 0.3 is 0 Å². The molecule has 25 heavy (non-hydrogen) atoms. The molecular weight excluding hydrogens is 340 g/mol. The van der Waals surface area contributed by atoms with Gasteiger partial charge in [0.1, 0.15) is 12.4 Å². The molecule has 0 atom stereocenters. The summed E-state index contributed by atoms with van der Waals surface area (Å²) in [4.78, 5) is 14.4. The summed E-state index contributed by atoms with van der Waals surface area (Å²) in [6, 6.07) is 14.9. The molecule has 0 aliphatic carbocycles. The van der Waals surface area contributed by atoms with Crippen LogP contribution >= 0.6 is 11.6 Å². The third kappa shape index (κ3) is 4.87. The number of ether oxygens (including phenoxy) is 2. The van der Waals surface area contributed by atoms with Gasteiger partial charge in [-0.05, 0) is 36.4 Å². The fraction of sp³-hybridized carbons (Fsp3) is 0.316. The van der Waals surface area contributed by atoms with E-state index < -0.39 is 0 Å². The molecule has 1 aliphatic rings. The van der Waals surface area contributed by atoms with E-state index in [0.29, 0.717) is 29.5 Å². The summed E-state index contributed by atoms with van der Waals surface area (Å²) in [5.74, 6) is 0.504. The molecule has 0 aromatic heterocycles. The molecule has 0 radical (unpaired) electrons. The number of carbonyl (C=O) groups excluding carboxylic acids is 1. The van der Waals surface area contributed by atoms with E-state index in [-0.39, 0.29) is 5.91 Å². The molecule has 2 aromatic carbocycles. The number of para-hydroxylation sites is 1. The highest BCUT2D eigenvalue weighted by atomic mass is 35.5. The number of amides is 1. The lowest BCUT2D eigenvalue weighted by Gasteiger charge is -2.28. The molecule has 0 bridgehead atoms. The predicted molar refractivity (Wildman–Crippen MR) is 98.8 cm³/mol. The van der Waals surface area contributed by atoms with Crippen LogP contribution in [0.4, 0.5) is 5.69 Å². The van der Waals surface area contributed by atoms with Crippen molar-refractivity contribution in [2.24, 2.45) is 0 Å². The summed E-state index contributed by atoms with van der Waals surface area (Å²) in [6.45, 7) is 4.02. The average Bonchev–Trinajstić information content (AvgIpc) is 2.67. The Hall–Kier alpha value is -2.24. The molecule has 1 aliphatic heterocycles. The summed E-state index contributed by atoms with van der Waals surface area (Å²) in [5.41, 5.74) is 1.75. The van der Waals surface area contributed by atoms with Crippen LogP contribution < -0.4 is 15.0 Å². The van der Waals surface area contributed by atoms with Crippen LogP contribution in [0.15, 0.2) is 48.5 Å². The lowest BCUT2D eigenvalue weighted by molar-refractivity contribution is 0.0947. The highest BCUT2D eigenvalue weighted by molar-refractivity contribution is 6.32. The maximum absolute atomic E-state index is 12.2. The molecule has 3 rings (SSSR count). The average molecular weight is 361 g/mol. The van der Waals surface area contributed by atoms with E-state index in [4.69, 9.17) is 21.1 Å². The van der Waals surface area contributed by atoms with E-state index >= 15 is 0 Å². The van der Waals surface area contributed by atoms with Crippen molar-refractivity contribution in [2.45, 2.75) is 0 Å². The first-order valence-corrected chi connectivity index (χ1v) is 8.70. The minimum absolute atomic E-state index is 0.115. The van der Waals surface area contributed by atoms with E-state index in [0.717, 1.165) is 32.0 Å². The van der Waals surface area contributed by atoms with Crippen molar-refractivity contribution < 1.29 is 14.3 Å². The summed E-state index contributed by atoms with van der Waals surface area (Å²) >= 11 is 6.02. The van der Waals surface area contributed by atoms with Gasteiger partial charge in [0, 0.05) is 24.3 Å². The van der Waals surface area contributed by atoms with E-state index in [2.05, 4.69) is 10.2 Å². The Balaban J connectivity index is 1.45. The molecule has 2 aromatic rings. The Morgan fingerprint density at radius 3 is 2.56 bits per heavy atom. The molecule has 1 saturated heterocycles. The van der Waals surface area contributed by atoms with E-state index in [9.17, 15) is 4.79 Å². The molecule has 1 heterocycles. The summed E-state index contributed by atoms with van der Waals surface area (Å²) in [6.07, 6.45) is 0. The number of hydrogen-bond acceptors (Lipinski definition) is 4. The lowest BCUT2D eigenvalue weighted by atomic mass is 10.1. The van der Waals surface area contributed by atoms with Crippen molar-refractivity contribution in [3.05, 3.63) is 59.1 Å². The first-order chi connectivity index (χ1) is 12.2. The van der Waals surface area contributed by atoms with Crippen molar-refractivity contribution in [3.8, 4) is 5.75 Å². The van der Waals surface area contributed by atoms with Crippen LogP contribution in [0.3, 0.4) is 0 Å². The number of carbonyl (C=O) groups is 1. The fourth-order valence-electron chi connectivity index (χ4n) is 2.63. The molecule has 1 N–H and O–H groups in total. The van der Waals surface area contributed by atoms with Crippen molar-refractivity contribution in [3.63, 3.8) is 0 Å². The van der Waals surface area contributed by atoms with Gasteiger partial charge in [0.05, 0.1) is 24.8 Å². The van der Waals surface area contributed by atoms with Crippen molar-refractivity contribution >= 4 is 23.2 Å². The highest BCUT2D eigenvalue weighted by Gasteiger charge is 2.12. The first kappa shape index (κ1) is 17.6. The van der Waals surface area contributed by atoms with E-state index in [1.807, 2.05) is 36.4 Å². The number of hydrogen-bond donors (Lipinski definition) is 1. The molecule has 6 heteroatoms. The second kappa shape index (κ2) is 8.74. The quantitative estimate of drug-likeness (QED) is 0.805. The Bertz CT molecular complexity index is 700. The number of nitrogens with zero attached hydrogens (tertiary/aromatic N) is 1. The molecule has 5 nitrogen and oxygen atoms in total. The minimum Gasteiger partial charge on any atom is -0.490 e. The SMILES string of the molecule is O=C(NCCOc1ccccc1Cl)c1ccc(N2CCOCC2)cc1. The van der Waals surface area contributed by atoms with Crippen LogP contribution in [-0.2, 0) is 4.74 Å². The van der Waals surface area contributed by atoms with Gasteiger partial charge in [-0.25, -0.2) is 0 Å². The predicted octanol–water partition coefficient (Wildman–Crippen LogP) is 2.99. The van der Waals surface area contributed by atoms with Gasteiger partial charge in [0.2, 0.25) is 0 Å². The zero-order valence-corrected chi connectivity index (χ0v) is 14.7. The molecule has 0 unspecified atom stereocenters. The largest absolute Gasteiger partial charge is 0.490 e. The Labute approximate surface area is 152 Å². The van der Waals surface area contributed by atoms with Gasteiger partial charge in [0.25, 0.3) is 5.91 Å². The van der Waals surface area contributed by atoms with Gasteiger partial charge < -0.3 is 19.7 Å². The fourth-order valence-corrected chi connectivity index (χ4v) is 2.82. The van der Waals surface area contributed by atoms with Crippen molar-refractivity contribution in [2.75, 3.05) is 44.4 Å². The van der Waals surface area contributed by atoms with Crippen LogP contribution in [0.5, 0.6) is 5.75 Å². The smallest absolute Gasteiger partial charge is 0.251 e. The highest BCUT2D eigenvalue weighted by Crippen LogP contribution is 2.22. The van der Waals surface area contributed by atoms with Crippen LogP contribution in [0.25, 0.3) is 0 Å². The molecule has 0 spiro atoms. The third-order valence-electron chi connectivity index (χ3n) is 3.99. The third-order valence-corrected chi connectivity index (χ3v) is 4.30. The monoisotopic (exact) mass is 360 g/mol. The van der Waals surface area contributed by atoms with Gasteiger partial charge in [0.15, 0.2) is 0 Å². The van der Waals surface area contributed by atoms with Gasteiger partial charge in [-0.1, -0.05) is 23.7 Å². The van der Waals surface area contributed by atoms with Crippen LogP contribution in [0.2, 0.25) is 5.02 Å². The summed E-state index contributed by atoms with van der Waals surface area (Å²) in [7, 11) is 0. The first-order valence-electron chi connectivity index (χ1n) is 8.32. The number of anilines is 1. The van der Waals surface area contributed by atoms with Gasteiger partial charge in [-0.3, -0.25) is 4.79 Å². The van der Waals surface area contributed by atoms with E-state index in [1.165, 1.54) is 0 Å². The van der Waals surface area contributed by atoms with Gasteiger partial charge in [-0.15, -0.1) is 0 Å². The molecule has 0 saturated carbocycles. The number of nitrogens with one attached hydrogen (secondary N) is 1. The zero-order chi connectivity index (χ0) is 17.5.